The smallest absolute Gasteiger partial charge is 0.305 e. The number of carboxylic acid groups (broad SMARTS) is 1. The van der Waals surface area contributed by atoms with Gasteiger partial charge in [0.25, 0.3) is 5.91 Å². The Balaban J connectivity index is 2.05. The third-order valence-electron chi connectivity index (χ3n) is 6.62. The fraction of sp³-hybridized carbons (Fsp3) is 0.273. The lowest BCUT2D eigenvalue weighted by molar-refractivity contribution is -0.139. The van der Waals surface area contributed by atoms with E-state index < -0.39 is 66.5 Å². The summed E-state index contributed by atoms with van der Waals surface area (Å²) in [4.78, 5) is 25.3. The van der Waals surface area contributed by atoms with E-state index in [9.17, 15) is 24.2 Å². The number of hydrogen-bond acceptors (Lipinski definition) is 4. The maximum absolute atomic E-state index is 14.3. The lowest BCUT2D eigenvalue weighted by atomic mass is 9.94. The molecule has 214 valence electrons. The number of benzene rings is 3. The van der Waals surface area contributed by atoms with Crippen LogP contribution in [0.2, 0.25) is 0 Å². The predicted molar refractivity (Wildman–Crippen MR) is 157 cm³/mol. The Kier molecular flexibility index (Phi) is 7.65. The Morgan fingerprint density at radius 2 is 1.61 bits per heavy atom. The molecule has 0 aliphatic rings. The second-order valence-electron chi connectivity index (χ2n) is 10.0. The van der Waals surface area contributed by atoms with E-state index in [0.717, 1.165) is 0 Å². The molecule has 0 bridgehead atoms. The molecule has 8 heteroatoms. The van der Waals surface area contributed by atoms with Crippen molar-refractivity contribution in [2.45, 2.75) is 57.8 Å². The number of carbonyl (C=O) groups excluding carboxylic acids is 1. The van der Waals surface area contributed by atoms with E-state index in [2.05, 4.69) is 5.32 Å². The number of anilines is 1. The molecule has 0 saturated heterocycles. The lowest BCUT2D eigenvalue weighted by Gasteiger charge is -2.20. The zero-order valence-electron chi connectivity index (χ0n) is 27.7. The molecule has 4 rings (SSSR count). The molecule has 41 heavy (non-hydrogen) atoms. The molecular weight excluding hydrogens is 523 g/mol. The van der Waals surface area contributed by atoms with Gasteiger partial charge >= 0.3 is 5.97 Å². The molecule has 4 N–H and O–H groups in total. The van der Waals surface area contributed by atoms with Crippen molar-refractivity contribution in [2.75, 3.05) is 5.32 Å². The van der Waals surface area contributed by atoms with Gasteiger partial charge in [-0.3, -0.25) is 9.59 Å². The van der Waals surface area contributed by atoms with Crippen LogP contribution < -0.4 is 5.32 Å². The first-order valence-electron chi connectivity index (χ1n) is 15.8. The first-order chi connectivity index (χ1) is 21.7. The van der Waals surface area contributed by atoms with Crippen LogP contribution in [0.3, 0.4) is 0 Å². The van der Waals surface area contributed by atoms with Gasteiger partial charge in [0, 0.05) is 23.5 Å². The van der Waals surface area contributed by atoms with Gasteiger partial charge < -0.3 is 25.2 Å². The third-order valence-corrected chi connectivity index (χ3v) is 6.62. The van der Waals surface area contributed by atoms with Crippen molar-refractivity contribution in [3.8, 4) is 22.4 Å². The Bertz CT molecular complexity index is 1720. The third kappa shape index (κ3) is 7.28. The van der Waals surface area contributed by atoms with Gasteiger partial charge in [0.05, 0.1) is 36.7 Å². The highest BCUT2D eigenvalue weighted by Gasteiger charge is 2.31. The van der Waals surface area contributed by atoms with Gasteiger partial charge in [0.15, 0.2) is 0 Å². The SMILES string of the molecule is [2H]c1c([2H])c([2H])c(-c2c(C(=O)Nc3ccccc3)c(C(C)C)n(CCC(O)CC(O)CC(=O)O)c2-c2ccc(F)cc2)c([2H])c1[2H]. The van der Waals surface area contributed by atoms with E-state index in [4.69, 9.17) is 12.0 Å². The number of aliphatic hydroxyl groups excluding tert-OH is 2. The molecule has 0 aliphatic carbocycles. The fourth-order valence-corrected chi connectivity index (χ4v) is 4.94. The molecule has 0 saturated carbocycles. The number of carbonyl (C=O) groups is 2. The van der Waals surface area contributed by atoms with Crippen LogP contribution in [0.25, 0.3) is 22.4 Å². The molecule has 2 atom stereocenters. The minimum Gasteiger partial charge on any atom is -0.481 e. The van der Waals surface area contributed by atoms with Crippen LogP contribution in [-0.4, -0.2) is 44.0 Å². The van der Waals surface area contributed by atoms with E-state index in [1.807, 2.05) is 13.8 Å². The quantitative estimate of drug-likeness (QED) is 0.161. The van der Waals surface area contributed by atoms with Crippen molar-refractivity contribution in [1.29, 1.82) is 0 Å². The number of carboxylic acids is 1. The minimum atomic E-state index is -1.30. The number of aromatic nitrogens is 1. The van der Waals surface area contributed by atoms with Gasteiger partial charge in [0.1, 0.15) is 5.82 Å². The maximum Gasteiger partial charge on any atom is 0.305 e. The van der Waals surface area contributed by atoms with E-state index in [0.29, 0.717) is 16.9 Å². The van der Waals surface area contributed by atoms with E-state index >= 15 is 0 Å². The van der Waals surface area contributed by atoms with Crippen LogP contribution >= 0.6 is 0 Å². The average molecular weight is 564 g/mol. The summed E-state index contributed by atoms with van der Waals surface area (Å²) in [5.74, 6) is -2.76. The zero-order chi connectivity index (χ0) is 33.9. The molecule has 1 aromatic heterocycles. The monoisotopic (exact) mass is 563 g/mol. The minimum absolute atomic E-state index is 0.00102. The summed E-state index contributed by atoms with van der Waals surface area (Å²) in [5, 5.41) is 32.7. The number of aliphatic hydroxyl groups is 2. The summed E-state index contributed by atoms with van der Waals surface area (Å²) in [5.41, 5.74) is 1.38. The molecule has 0 spiro atoms. The second-order valence-corrected chi connectivity index (χ2v) is 10.0. The fourth-order valence-electron chi connectivity index (χ4n) is 4.94. The number of nitrogens with zero attached hydrogens (tertiary/aromatic N) is 1. The zero-order valence-corrected chi connectivity index (χ0v) is 22.7. The molecule has 1 amide bonds. The van der Waals surface area contributed by atoms with Crippen molar-refractivity contribution in [1.82, 2.24) is 4.57 Å². The van der Waals surface area contributed by atoms with Crippen molar-refractivity contribution in [3.05, 3.63) is 102 Å². The highest BCUT2D eigenvalue weighted by atomic mass is 19.1. The van der Waals surface area contributed by atoms with E-state index in [-0.39, 0.29) is 47.7 Å². The Morgan fingerprint density at radius 3 is 2.22 bits per heavy atom. The van der Waals surface area contributed by atoms with Gasteiger partial charge in [0.2, 0.25) is 0 Å². The van der Waals surface area contributed by atoms with Crippen molar-refractivity contribution in [3.63, 3.8) is 0 Å². The number of aliphatic carboxylic acids is 1. The van der Waals surface area contributed by atoms with E-state index in [1.165, 1.54) is 24.3 Å². The van der Waals surface area contributed by atoms with Crippen LogP contribution in [0.15, 0.2) is 84.8 Å². The van der Waals surface area contributed by atoms with Crippen LogP contribution in [0.1, 0.15) is 61.9 Å². The Morgan fingerprint density at radius 1 is 0.951 bits per heavy atom. The molecule has 2 unspecified atom stereocenters. The van der Waals surface area contributed by atoms with Crippen LogP contribution in [0.4, 0.5) is 10.1 Å². The Labute approximate surface area is 245 Å². The highest BCUT2D eigenvalue weighted by molar-refractivity contribution is 6.12. The molecular formula is C33H35FN2O5. The average Bonchev–Trinajstić information content (AvgIpc) is 3.33. The molecule has 4 aromatic rings. The molecule has 0 aliphatic heterocycles. The number of rotatable bonds is 12. The number of hydrogen-bond donors (Lipinski definition) is 4. The first kappa shape index (κ1) is 23.4. The normalized spacial score (nSPS) is 14.4. The second kappa shape index (κ2) is 13.4. The van der Waals surface area contributed by atoms with Gasteiger partial charge in [-0.25, -0.2) is 4.39 Å². The first-order valence-corrected chi connectivity index (χ1v) is 13.3. The number of nitrogens with one attached hydrogen (secondary N) is 1. The highest BCUT2D eigenvalue weighted by Crippen LogP contribution is 2.42. The molecule has 0 radical (unpaired) electrons. The molecule has 7 nitrogen and oxygen atoms in total. The molecule has 0 fully saturated rings. The maximum atomic E-state index is 14.3. The molecule has 3 aromatic carbocycles. The summed E-state index contributed by atoms with van der Waals surface area (Å²) < 4.78 is 58.4. The largest absolute Gasteiger partial charge is 0.481 e. The van der Waals surface area contributed by atoms with Gasteiger partial charge in [-0.05, 0) is 66.3 Å². The van der Waals surface area contributed by atoms with Crippen LogP contribution in [-0.2, 0) is 11.3 Å². The number of amides is 1. The van der Waals surface area contributed by atoms with Crippen LogP contribution in [0.5, 0.6) is 0 Å². The number of halogens is 1. The predicted octanol–water partition coefficient (Wildman–Crippen LogP) is 6.31. The topological polar surface area (TPSA) is 112 Å². The standard InChI is InChI=1S/C33H35FN2O5/c1-21(2)31-30(33(41)35-25-11-7-4-8-12-25)29(22-9-5-3-6-10-22)32(23-13-15-24(34)16-14-23)36(31)18-17-26(37)19-27(38)20-28(39)40/h3-16,21,26-27,37-38H,17-20H2,1-2H3,(H,35,41)(H,39,40)/i3D,5D,6D,9D,10D. The van der Waals surface area contributed by atoms with Crippen molar-refractivity contribution >= 4 is 17.6 Å². The van der Waals surface area contributed by atoms with Gasteiger partial charge in [-0.1, -0.05) is 62.3 Å². The van der Waals surface area contributed by atoms with Gasteiger partial charge in [-0.2, -0.15) is 0 Å². The van der Waals surface area contributed by atoms with Crippen LogP contribution in [0, 0.1) is 5.82 Å². The van der Waals surface area contributed by atoms with Crippen molar-refractivity contribution in [2.24, 2.45) is 0 Å². The summed E-state index contributed by atoms with van der Waals surface area (Å²) in [6, 6.07) is 11.0. The summed E-state index contributed by atoms with van der Waals surface area (Å²) in [6.45, 7) is 3.65. The van der Waals surface area contributed by atoms with Gasteiger partial charge in [-0.15, -0.1) is 0 Å². The summed E-state index contributed by atoms with van der Waals surface area (Å²) in [7, 11) is 0. The number of para-hydroxylation sites is 1. The summed E-state index contributed by atoms with van der Waals surface area (Å²) in [6.07, 6.45) is -3.23. The van der Waals surface area contributed by atoms with E-state index in [1.54, 1.807) is 34.9 Å². The summed E-state index contributed by atoms with van der Waals surface area (Å²) >= 11 is 0. The lowest BCUT2D eigenvalue weighted by Crippen LogP contribution is -2.22. The van der Waals surface area contributed by atoms with Crippen molar-refractivity contribution < 1.29 is 36.2 Å². The Hall–Kier alpha value is -4.27. The molecule has 1 heterocycles.